The first-order valence-electron chi connectivity index (χ1n) is 7.87. The van der Waals surface area contributed by atoms with E-state index in [2.05, 4.69) is 18.3 Å². The lowest BCUT2D eigenvalue weighted by atomic mass is 9.82. The monoisotopic (exact) mass is 299 g/mol. The molecule has 1 aromatic carbocycles. The van der Waals surface area contributed by atoms with E-state index in [9.17, 15) is 14.7 Å². The summed E-state index contributed by atoms with van der Waals surface area (Å²) in [4.78, 5) is 24.0. The number of hydrogen-bond acceptors (Lipinski definition) is 2. The number of amides is 1. The van der Waals surface area contributed by atoms with Gasteiger partial charge in [-0.1, -0.05) is 43.3 Å². The van der Waals surface area contributed by atoms with Crippen LogP contribution in [0.3, 0.4) is 0 Å². The third-order valence-corrected chi connectivity index (χ3v) is 5.00. The molecule has 2 N–H and O–H groups in total. The highest BCUT2D eigenvalue weighted by molar-refractivity contribution is 5.86. The molecular formula is C18H21NO3. The Kier molecular flexibility index (Phi) is 4.01. The first-order chi connectivity index (χ1) is 10.6. The van der Waals surface area contributed by atoms with Crippen molar-refractivity contribution in [3.63, 3.8) is 0 Å². The maximum Gasteiger partial charge on any atom is 0.307 e. The second kappa shape index (κ2) is 5.95. The van der Waals surface area contributed by atoms with Gasteiger partial charge in [-0.2, -0.15) is 0 Å². The molecule has 0 radical (unpaired) electrons. The molecule has 4 nitrogen and oxygen atoms in total. The molecule has 4 heteroatoms. The number of carboxylic acid groups (broad SMARTS) is 1. The molecule has 4 atom stereocenters. The summed E-state index contributed by atoms with van der Waals surface area (Å²) in [6.45, 7) is 2.55. The minimum atomic E-state index is -0.856. The molecule has 2 aliphatic rings. The van der Waals surface area contributed by atoms with Gasteiger partial charge in [0.1, 0.15) is 0 Å². The Morgan fingerprint density at radius 2 is 1.77 bits per heavy atom. The highest BCUT2D eigenvalue weighted by Gasteiger charge is 2.51. The van der Waals surface area contributed by atoms with Gasteiger partial charge >= 0.3 is 5.97 Å². The summed E-state index contributed by atoms with van der Waals surface area (Å²) in [7, 11) is 0. The van der Waals surface area contributed by atoms with Crippen LogP contribution in [0.5, 0.6) is 0 Å². The Morgan fingerprint density at radius 1 is 1.14 bits per heavy atom. The zero-order valence-electron chi connectivity index (χ0n) is 12.7. The number of carboxylic acids is 1. The topological polar surface area (TPSA) is 66.4 Å². The summed E-state index contributed by atoms with van der Waals surface area (Å²) in [5.41, 5.74) is 2.31. The smallest absolute Gasteiger partial charge is 0.307 e. The van der Waals surface area contributed by atoms with E-state index in [0.717, 1.165) is 18.4 Å². The number of nitrogens with one attached hydrogen (secondary N) is 1. The number of benzene rings is 1. The van der Waals surface area contributed by atoms with Crippen molar-refractivity contribution in [2.75, 3.05) is 0 Å². The van der Waals surface area contributed by atoms with Crippen LogP contribution in [-0.4, -0.2) is 17.0 Å². The van der Waals surface area contributed by atoms with E-state index in [1.807, 2.05) is 30.4 Å². The molecule has 1 fully saturated rings. The Hall–Kier alpha value is -2.10. The molecule has 2 aliphatic carbocycles. The van der Waals surface area contributed by atoms with Crippen LogP contribution in [-0.2, 0) is 22.6 Å². The second-order valence-electron chi connectivity index (χ2n) is 6.18. The Bertz CT molecular complexity index is 623. The van der Waals surface area contributed by atoms with E-state index >= 15 is 0 Å². The highest BCUT2D eigenvalue weighted by Crippen LogP contribution is 2.48. The zero-order valence-corrected chi connectivity index (χ0v) is 12.7. The van der Waals surface area contributed by atoms with Gasteiger partial charge in [0.25, 0.3) is 0 Å². The molecule has 0 spiro atoms. The minimum absolute atomic E-state index is 0.0150. The van der Waals surface area contributed by atoms with Crippen LogP contribution in [0, 0.1) is 23.7 Å². The van der Waals surface area contributed by atoms with Gasteiger partial charge in [-0.3, -0.25) is 9.59 Å². The average Bonchev–Trinajstić information content (AvgIpc) is 3.13. The standard InChI is InChI=1S/C18H21NO3/c1-2-11-5-3-4-6-14(11)10-19-17(20)15-12-7-8-13(9-12)16(15)18(21)22/h3-8,12-13,15-16H,2,9-10H2,1H3,(H,19,20)(H,21,22). The van der Waals surface area contributed by atoms with Crippen molar-refractivity contribution in [3.05, 3.63) is 47.5 Å². The molecule has 0 heterocycles. The molecule has 3 rings (SSSR count). The predicted octanol–water partition coefficient (Wildman–Crippen LogP) is 2.39. The van der Waals surface area contributed by atoms with Crippen molar-refractivity contribution < 1.29 is 14.7 Å². The quantitative estimate of drug-likeness (QED) is 0.820. The number of aryl methyl sites for hydroxylation is 1. The Balaban J connectivity index is 1.69. The van der Waals surface area contributed by atoms with Crippen LogP contribution < -0.4 is 5.32 Å². The summed E-state index contributed by atoms with van der Waals surface area (Å²) in [5.74, 6) is -1.90. The average molecular weight is 299 g/mol. The third-order valence-electron chi connectivity index (χ3n) is 5.00. The normalized spacial score (nSPS) is 28.8. The fraction of sp³-hybridized carbons (Fsp3) is 0.444. The van der Waals surface area contributed by atoms with Crippen molar-refractivity contribution in [1.82, 2.24) is 5.32 Å². The van der Waals surface area contributed by atoms with Crippen molar-refractivity contribution in [3.8, 4) is 0 Å². The van der Waals surface area contributed by atoms with Crippen LogP contribution in [0.4, 0.5) is 0 Å². The number of allylic oxidation sites excluding steroid dienone is 2. The van der Waals surface area contributed by atoms with Crippen molar-refractivity contribution in [1.29, 1.82) is 0 Å². The van der Waals surface area contributed by atoms with Crippen LogP contribution in [0.2, 0.25) is 0 Å². The lowest BCUT2D eigenvalue weighted by Crippen LogP contribution is -2.40. The first-order valence-corrected chi connectivity index (χ1v) is 7.87. The number of hydrogen-bond donors (Lipinski definition) is 2. The first kappa shape index (κ1) is 14.8. The van der Waals surface area contributed by atoms with Gasteiger partial charge in [-0.15, -0.1) is 0 Å². The van der Waals surface area contributed by atoms with Crippen LogP contribution in [0.1, 0.15) is 24.5 Å². The highest BCUT2D eigenvalue weighted by atomic mass is 16.4. The lowest BCUT2D eigenvalue weighted by Gasteiger charge is -2.24. The van der Waals surface area contributed by atoms with E-state index < -0.39 is 17.8 Å². The van der Waals surface area contributed by atoms with Gasteiger partial charge in [0, 0.05) is 6.54 Å². The molecule has 1 aromatic rings. The second-order valence-corrected chi connectivity index (χ2v) is 6.18. The van der Waals surface area contributed by atoms with Gasteiger partial charge in [-0.25, -0.2) is 0 Å². The number of carbonyl (C=O) groups excluding carboxylic acids is 1. The molecule has 0 aromatic heterocycles. The van der Waals surface area contributed by atoms with Gasteiger partial charge in [0.2, 0.25) is 5.91 Å². The van der Waals surface area contributed by atoms with Crippen molar-refractivity contribution in [2.24, 2.45) is 23.7 Å². The van der Waals surface area contributed by atoms with Gasteiger partial charge in [0.15, 0.2) is 0 Å². The fourth-order valence-electron chi connectivity index (χ4n) is 3.89. The minimum Gasteiger partial charge on any atom is -0.481 e. The largest absolute Gasteiger partial charge is 0.481 e. The van der Waals surface area contributed by atoms with E-state index in [1.54, 1.807) is 0 Å². The summed E-state index contributed by atoms with van der Waals surface area (Å²) in [5, 5.41) is 12.4. The number of aliphatic carboxylic acids is 1. The Labute approximate surface area is 130 Å². The molecule has 4 unspecified atom stereocenters. The molecule has 2 bridgehead atoms. The molecule has 1 amide bonds. The predicted molar refractivity (Wildman–Crippen MR) is 83.0 cm³/mol. The van der Waals surface area contributed by atoms with Crippen molar-refractivity contribution in [2.45, 2.75) is 26.3 Å². The van der Waals surface area contributed by atoms with Gasteiger partial charge in [0.05, 0.1) is 11.8 Å². The van der Waals surface area contributed by atoms with Gasteiger partial charge < -0.3 is 10.4 Å². The fourth-order valence-corrected chi connectivity index (χ4v) is 3.89. The summed E-state index contributed by atoms with van der Waals surface area (Å²) in [6.07, 6.45) is 5.68. The van der Waals surface area contributed by atoms with Crippen LogP contribution >= 0.6 is 0 Å². The van der Waals surface area contributed by atoms with E-state index in [0.29, 0.717) is 6.54 Å². The van der Waals surface area contributed by atoms with E-state index in [-0.39, 0.29) is 17.7 Å². The van der Waals surface area contributed by atoms with E-state index in [4.69, 9.17) is 0 Å². The lowest BCUT2D eigenvalue weighted by molar-refractivity contribution is -0.147. The molecule has 1 saturated carbocycles. The number of fused-ring (bicyclic) bond motifs is 2. The summed E-state index contributed by atoms with van der Waals surface area (Å²) >= 11 is 0. The molecule has 0 aliphatic heterocycles. The maximum absolute atomic E-state index is 12.5. The summed E-state index contributed by atoms with van der Waals surface area (Å²) < 4.78 is 0. The molecule has 0 saturated heterocycles. The zero-order chi connectivity index (χ0) is 15.7. The number of rotatable bonds is 5. The molecule has 116 valence electrons. The van der Waals surface area contributed by atoms with E-state index in [1.165, 1.54) is 5.56 Å². The van der Waals surface area contributed by atoms with Crippen molar-refractivity contribution >= 4 is 11.9 Å². The van der Waals surface area contributed by atoms with Crippen LogP contribution in [0.25, 0.3) is 0 Å². The van der Waals surface area contributed by atoms with Crippen LogP contribution in [0.15, 0.2) is 36.4 Å². The maximum atomic E-state index is 12.5. The number of carbonyl (C=O) groups is 2. The Morgan fingerprint density at radius 3 is 2.41 bits per heavy atom. The molecule has 22 heavy (non-hydrogen) atoms. The summed E-state index contributed by atoms with van der Waals surface area (Å²) in [6, 6.07) is 8.02. The molecular weight excluding hydrogens is 278 g/mol. The third kappa shape index (κ3) is 2.54. The van der Waals surface area contributed by atoms with Gasteiger partial charge in [-0.05, 0) is 35.8 Å². The SMILES string of the molecule is CCc1ccccc1CNC(=O)C1C2C=CC(C2)C1C(=O)O.